The van der Waals surface area contributed by atoms with Gasteiger partial charge >= 0.3 is 0 Å². The molecule has 0 aliphatic heterocycles. The zero-order chi connectivity index (χ0) is 14.7. The highest BCUT2D eigenvalue weighted by Gasteiger charge is 2.16. The van der Waals surface area contributed by atoms with E-state index in [-0.39, 0.29) is 9.64 Å². The van der Waals surface area contributed by atoms with Crippen LogP contribution in [-0.2, 0) is 10.0 Å². The third kappa shape index (κ3) is 5.50. The van der Waals surface area contributed by atoms with Gasteiger partial charge in [0.1, 0.15) is 5.82 Å². The maximum Gasteiger partial charge on any atom is 0.240 e. The van der Waals surface area contributed by atoms with Gasteiger partial charge in [0.15, 0.2) is 0 Å². The lowest BCUT2D eigenvalue weighted by atomic mass is 10.2. The summed E-state index contributed by atoms with van der Waals surface area (Å²) < 4.78 is 39.7. The summed E-state index contributed by atoms with van der Waals surface area (Å²) in [6.07, 6.45) is 0. The molecule has 0 heterocycles. The highest BCUT2D eigenvalue weighted by Crippen LogP contribution is 2.22. The van der Waals surface area contributed by atoms with Crippen molar-refractivity contribution in [3.8, 4) is 0 Å². The van der Waals surface area contributed by atoms with Gasteiger partial charge in [-0.25, -0.2) is 17.5 Å². The van der Waals surface area contributed by atoms with E-state index in [1.165, 1.54) is 18.2 Å². The van der Waals surface area contributed by atoms with Crippen LogP contribution in [0.1, 0.15) is 26.3 Å². The molecule has 0 aliphatic rings. The molecule has 0 amide bonds. The first-order valence-corrected chi connectivity index (χ1v) is 8.48. The van der Waals surface area contributed by atoms with E-state index in [1.54, 1.807) is 18.7 Å². The molecule has 19 heavy (non-hydrogen) atoms. The van der Waals surface area contributed by atoms with Crippen molar-refractivity contribution in [1.82, 2.24) is 4.72 Å². The second-order valence-electron chi connectivity index (χ2n) is 5.27. The van der Waals surface area contributed by atoms with E-state index in [9.17, 15) is 12.8 Å². The fraction of sp³-hybridized carbons (Fsp3) is 0.538. The molecule has 3 nitrogen and oxygen atoms in total. The smallest absolute Gasteiger partial charge is 0.210 e. The van der Waals surface area contributed by atoms with Crippen LogP contribution in [-0.4, -0.2) is 25.5 Å². The lowest BCUT2D eigenvalue weighted by Gasteiger charge is -2.17. The first kappa shape index (κ1) is 16.5. The summed E-state index contributed by atoms with van der Waals surface area (Å²) in [5.74, 6) is 0.297. The molecule has 0 unspecified atom stereocenters. The maximum absolute atomic E-state index is 13.1. The summed E-state index contributed by atoms with van der Waals surface area (Å²) in [6.45, 7) is 8.14. The normalized spacial score (nSPS) is 12.7. The molecule has 1 rings (SSSR count). The van der Waals surface area contributed by atoms with Gasteiger partial charge in [-0.05, 0) is 30.7 Å². The lowest BCUT2D eigenvalue weighted by Crippen LogP contribution is -2.27. The fourth-order valence-electron chi connectivity index (χ4n) is 1.40. The van der Waals surface area contributed by atoms with E-state index >= 15 is 0 Å². The number of thioether (sulfide) groups is 1. The predicted molar refractivity (Wildman–Crippen MR) is 78.5 cm³/mol. The monoisotopic (exact) mass is 305 g/mol. The van der Waals surface area contributed by atoms with Gasteiger partial charge in [-0.15, -0.1) is 0 Å². The molecule has 0 spiro atoms. The Bertz CT molecular complexity index is 536. The zero-order valence-electron chi connectivity index (χ0n) is 11.7. The van der Waals surface area contributed by atoms with E-state index in [1.807, 2.05) is 0 Å². The lowest BCUT2D eigenvalue weighted by molar-refractivity contribution is 0.582. The number of rotatable bonds is 5. The number of sulfonamides is 1. The molecule has 0 saturated heterocycles. The maximum atomic E-state index is 13.1. The van der Waals surface area contributed by atoms with Crippen LogP contribution in [0.4, 0.5) is 4.39 Å². The van der Waals surface area contributed by atoms with E-state index in [0.717, 1.165) is 0 Å². The predicted octanol–water partition coefficient (Wildman–Crippen LogP) is 2.94. The number of aryl methyl sites for hydroxylation is 1. The molecule has 0 fully saturated rings. The summed E-state index contributed by atoms with van der Waals surface area (Å²) in [4.78, 5) is 0.104. The van der Waals surface area contributed by atoms with E-state index in [2.05, 4.69) is 25.5 Å². The van der Waals surface area contributed by atoms with Crippen molar-refractivity contribution >= 4 is 21.8 Å². The molecular weight excluding hydrogens is 285 g/mol. The Kier molecular flexibility index (Phi) is 5.41. The van der Waals surface area contributed by atoms with E-state index in [4.69, 9.17) is 0 Å². The summed E-state index contributed by atoms with van der Waals surface area (Å²) in [7, 11) is -3.55. The Morgan fingerprint density at radius 1 is 1.32 bits per heavy atom. The Balaban J connectivity index is 2.63. The van der Waals surface area contributed by atoms with Crippen molar-refractivity contribution in [2.75, 3.05) is 12.3 Å². The molecule has 1 aromatic rings. The zero-order valence-corrected chi connectivity index (χ0v) is 13.3. The average Bonchev–Trinajstić information content (AvgIpc) is 2.27. The molecule has 1 N–H and O–H groups in total. The van der Waals surface area contributed by atoms with Crippen LogP contribution in [0.25, 0.3) is 0 Å². The van der Waals surface area contributed by atoms with Crippen LogP contribution in [0.5, 0.6) is 0 Å². The second kappa shape index (κ2) is 6.24. The molecule has 0 atom stereocenters. The highest BCUT2D eigenvalue weighted by molar-refractivity contribution is 8.00. The standard InChI is InChI=1S/C13H20FNO2S2/c1-10-9-11(5-6-12(10)14)19(16,17)15-7-8-18-13(2,3)4/h5-6,9,15H,7-8H2,1-4H3. The average molecular weight is 305 g/mol. The number of hydrogen-bond acceptors (Lipinski definition) is 3. The highest BCUT2D eigenvalue weighted by atomic mass is 32.2. The largest absolute Gasteiger partial charge is 0.240 e. The summed E-state index contributed by atoms with van der Waals surface area (Å²) in [5, 5.41) is 0. The Labute approximate surface area is 119 Å². The SMILES string of the molecule is Cc1cc(S(=O)(=O)NCCSC(C)(C)C)ccc1F. The second-order valence-corrected chi connectivity index (χ2v) is 8.96. The minimum atomic E-state index is -3.55. The molecule has 0 radical (unpaired) electrons. The van der Waals surface area contributed by atoms with Crippen LogP contribution < -0.4 is 4.72 Å². The quantitative estimate of drug-likeness (QED) is 0.851. The van der Waals surface area contributed by atoms with E-state index in [0.29, 0.717) is 17.9 Å². The van der Waals surface area contributed by atoms with Gasteiger partial charge in [-0.2, -0.15) is 11.8 Å². The minimum Gasteiger partial charge on any atom is -0.210 e. The number of hydrogen-bond donors (Lipinski definition) is 1. The van der Waals surface area contributed by atoms with Crippen LogP contribution in [0.3, 0.4) is 0 Å². The Morgan fingerprint density at radius 3 is 2.47 bits per heavy atom. The van der Waals surface area contributed by atoms with Crippen LogP contribution in [0.2, 0.25) is 0 Å². The van der Waals surface area contributed by atoms with Gasteiger partial charge in [0.2, 0.25) is 10.0 Å². The van der Waals surface area contributed by atoms with Crippen LogP contribution in [0, 0.1) is 12.7 Å². The summed E-state index contributed by atoms with van der Waals surface area (Å²) in [6, 6.07) is 3.80. The molecule has 108 valence electrons. The first-order valence-electron chi connectivity index (χ1n) is 6.01. The molecule has 6 heteroatoms. The fourth-order valence-corrected chi connectivity index (χ4v) is 3.46. The van der Waals surface area contributed by atoms with Gasteiger partial charge in [-0.1, -0.05) is 20.8 Å². The van der Waals surface area contributed by atoms with Crippen molar-refractivity contribution in [3.63, 3.8) is 0 Å². The third-order valence-electron chi connectivity index (χ3n) is 2.37. The minimum absolute atomic E-state index is 0.104. The summed E-state index contributed by atoms with van der Waals surface area (Å²) >= 11 is 1.69. The molecule has 0 bridgehead atoms. The van der Waals surface area contributed by atoms with Crippen molar-refractivity contribution in [1.29, 1.82) is 0 Å². The van der Waals surface area contributed by atoms with Crippen molar-refractivity contribution in [3.05, 3.63) is 29.6 Å². The number of halogens is 1. The third-order valence-corrected chi connectivity index (χ3v) is 5.10. The van der Waals surface area contributed by atoms with Gasteiger partial charge in [0.05, 0.1) is 4.90 Å². The van der Waals surface area contributed by atoms with E-state index < -0.39 is 15.8 Å². The molecule has 0 aliphatic carbocycles. The van der Waals surface area contributed by atoms with Crippen molar-refractivity contribution in [2.45, 2.75) is 37.3 Å². The summed E-state index contributed by atoms with van der Waals surface area (Å²) in [5.41, 5.74) is 0.326. The molecule has 0 aromatic heterocycles. The van der Waals surface area contributed by atoms with Gasteiger partial charge in [0.25, 0.3) is 0 Å². The van der Waals surface area contributed by atoms with Gasteiger partial charge in [0, 0.05) is 17.0 Å². The number of nitrogens with one attached hydrogen (secondary N) is 1. The molecular formula is C13H20FNO2S2. The van der Waals surface area contributed by atoms with Crippen LogP contribution in [0.15, 0.2) is 23.1 Å². The Morgan fingerprint density at radius 2 is 1.95 bits per heavy atom. The first-order chi connectivity index (χ1) is 8.62. The molecule has 1 aromatic carbocycles. The topological polar surface area (TPSA) is 46.2 Å². The Hall–Kier alpha value is -0.590. The van der Waals surface area contributed by atoms with Crippen molar-refractivity contribution < 1.29 is 12.8 Å². The van der Waals surface area contributed by atoms with Crippen LogP contribution >= 0.6 is 11.8 Å². The van der Waals surface area contributed by atoms with Gasteiger partial charge < -0.3 is 0 Å². The number of benzene rings is 1. The van der Waals surface area contributed by atoms with Gasteiger partial charge in [-0.3, -0.25) is 0 Å². The van der Waals surface area contributed by atoms with Crippen molar-refractivity contribution in [2.24, 2.45) is 0 Å². The molecule has 0 saturated carbocycles.